The van der Waals surface area contributed by atoms with Crippen LogP contribution in [0.25, 0.3) is 0 Å². The predicted octanol–water partition coefficient (Wildman–Crippen LogP) is 1.03. The van der Waals surface area contributed by atoms with E-state index in [0.29, 0.717) is 6.04 Å². The molecule has 0 aromatic rings. The number of fused-ring (bicyclic) bond motifs is 1. The zero-order valence-corrected chi connectivity index (χ0v) is 12.4. The number of hydrogen-bond acceptors (Lipinski definition) is 4. The second-order valence-corrected chi connectivity index (χ2v) is 8.22. The molecule has 0 spiro atoms. The molecule has 1 N–H and O–H groups in total. The van der Waals surface area contributed by atoms with Crippen LogP contribution in [0.15, 0.2) is 0 Å². The smallest absolute Gasteiger partial charge is 0.151 e. The van der Waals surface area contributed by atoms with Gasteiger partial charge in [-0.3, -0.25) is 0 Å². The first kappa shape index (κ1) is 14.3. The molecular weight excluding hydrogens is 248 g/mol. The maximum absolute atomic E-state index is 11.6. The molecule has 5 heteroatoms. The van der Waals surface area contributed by atoms with Crippen LogP contribution in [-0.4, -0.2) is 56.0 Å². The fraction of sp³-hybridized carbons (Fsp3) is 1.00. The third kappa shape index (κ3) is 3.68. The molecule has 2 rings (SSSR count). The summed E-state index contributed by atoms with van der Waals surface area (Å²) in [7, 11) is -2.86. The molecule has 0 bridgehead atoms. The van der Waals surface area contributed by atoms with Crippen LogP contribution in [0.4, 0.5) is 0 Å². The number of nitrogens with one attached hydrogen (secondary N) is 1. The van der Waals surface area contributed by atoms with Crippen molar-refractivity contribution in [2.45, 2.75) is 57.7 Å². The van der Waals surface area contributed by atoms with Crippen LogP contribution in [0, 0.1) is 0 Å². The van der Waals surface area contributed by atoms with Gasteiger partial charge in [0.2, 0.25) is 0 Å². The summed E-state index contributed by atoms with van der Waals surface area (Å²) in [6.07, 6.45) is 5.00. The van der Waals surface area contributed by atoms with Gasteiger partial charge in [-0.15, -0.1) is 0 Å². The topological polar surface area (TPSA) is 49.4 Å². The predicted molar refractivity (Wildman–Crippen MR) is 74.5 cm³/mol. The van der Waals surface area contributed by atoms with Crippen LogP contribution in [0.2, 0.25) is 0 Å². The van der Waals surface area contributed by atoms with E-state index in [9.17, 15) is 8.42 Å². The summed E-state index contributed by atoms with van der Waals surface area (Å²) < 4.78 is 23.2. The Kier molecular flexibility index (Phi) is 4.67. The molecule has 2 aliphatic heterocycles. The molecule has 2 fully saturated rings. The summed E-state index contributed by atoms with van der Waals surface area (Å²) >= 11 is 0. The van der Waals surface area contributed by atoms with E-state index in [4.69, 9.17) is 0 Å². The van der Waals surface area contributed by atoms with Crippen molar-refractivity contribution in [2.75, 3.05) is 24.6 Å². The average molecular weight is 274 g/mol. The van der Waals surface area contributed by atoms with Crippen molar-refractivity contribution >= 4 is 9.84 Å². The Labute approximate surface area is 111 Å². The van der Waals surface area contributed by atoms with Crippen molar-refractivity contribution in [3.05, 3.63) is 0 Å². The molecule has 0 radical (unpaired) electrons. The molecule has 0 saturated carbocycles. The summed E-state index contributed by atoms with van der Waals surface area (Å²) in [6.45, 7) is 6.15. The number of piperidine rings is 1. The van der Waals surface area contributed by atoms with E-state index in [1.54, 1.807) is 6.92 Å². The quantitative estimate of drug-likeness (QED) is 0.813. The summed E-state index contributed by atoms with van der Waals surface area (Å²) in [5.41, 5.74) is 0. The largest absolute Gasteiger partial charge is 0.310 e. The Hall–Kier alpha value is -0.130. The molecule has 0 aromatic carbocycles. The van der Waals surface area contributed by atoms with Crippen LogP contribution in [-0.2, 0) is 9.84 Å². The molecule has 18 heavy (non-hydrogen) atoms. The minimum absolute atomic E-state index is 0.0768. The fourth-order valence-corrected chi connectivity index (χ4v) is 4.42. The van der Waals surface area contributed by atoms with Gasteiger partial charge in [-0.1, -0.05) is 6.92 Å². The molecule has 4 nitrogen and oxygen atoms in total. The highest BCUT2D eigenvalue weighted by Gasteiger charge is 2.32. The van der Waals surface area contributed by atoms with Gasteiger partial charge in [0.25, 0.3) is 0 Å². The summed E-state index contributed by atoms with van der Waals surface area (Å²) in [5, 5.41) is 3.52. The third-order valence-corrected chi connectivity index (χ3v) is 6.17. The molecule has 0 aliphatic carbocycles. The Morgan fingerprint density at radius 3 is 2.83 bits per heavy atom. The summed E-state index contributed by atoms with van der Waals surface area (Å²) in [4.78, 5) is 2.59. The molecule has 2 heterocycles. The Morgan fingerprint density at radius 1 is 1.33 bits per heavy atom. The van der Waals surface area contributed by atoms with E-state index in [2.05, 4.69) is 10.2 Å². The van der Waals surface area contributed by atoms with Crippen LogP contribution in [0.3, 0.4) is 0 Å². The molecule has 3 unspecified atom stereocenters. The first-order valence-corrected chi connectivity index (χ1v) is 9.03. The molecule has 2 aliphatic rings. The molecule has 2 saturated heterocycles. The van der Waals surface area contributed by atoms with Gasteiger partial charge >= 0.3 is 0 Å². The van der Waals surface area contributed by atoms with Crippen LogP contribution >= 0.6 is 0 Å². The molecule has 106 valence electrons. The highest BCUT2D eigenvalue weighted by Crippen LogP contribution is 2.26. The molecular formula is C13H26N2O2S. The lowest BCUT2D eigenvalue weighted by Crippen LogP contribution is -2.49. The first-order valence-electron chi connectivity index (χ1n) is 7.20. The van der Waals surface area contributed by atoms with Gasteiger partial charge in [0, 0.05) is 23.9 Å². The monoisotopic (exact) mass is 274 g/mol. The average Bonchev–Trinajstić information content (AvgIpc) is 2.75. The van der Waals surface area contributed by atoms with Crippen LogP contribution in [0.5, 0.6) is 0 Å². The van der Waals surface area contributed by atoms with Gasteiger partial charge in [0.05, 0.1) is 5.75 Å². The second kappa shape index (κ2) is 5.88. The summed E-state index contributed by atoms with van der Waals surface area (Å²) in [5.74, 6) is 0.522. The van der Waals surface area contributed by atoms with E-state index >= 15 is 0 Å². The van der Waals surface area contributed by atoms with E-state index in [0.717, 1.165) is 12.5 Å². The van der Waals surface area contributed by atoms with Gasteiger partial charge in [0.15, 0.2) is 9.84 Å². The number of nitrogens with zero attached hydrogens (tertiary/aromatic N) is 1. The molecule has 0 aromatic heterocycles. The van der Waals surface area contributed by atoms with Gasteiger partial charge < -0.3 is 10.2 Å². The van der Waals surface area contributed by atoms with Crippen molar-refractivity contribution < 1.29 is 8.42 Å². The maximum Gasteiger partial charge on any atom is 0.151 e. The maximum atomic E-state index is 11.6. The third-order valence-electron chi connectivity index (χ3n) is 4.28. The second-order valence-electron chi connectivity index (χ2n) is 5.82. The van der Waals surface area contributed by atoms with Gasteiger partial charge in [-0.05, 0) is 45.7 Å². The highest BCUT2D eigenvalue weighted by molar-refractivity contribution is 7.91. The minimum Gasteiger partial charge on any atom is -0.310 e. The summed E-state index contributed by atoms with van der Waals surface area (Å²) in [6, 6.07) is 1.32. The van der Waals surface area contributed by atoms with Crippen molar-refractivity contribution in [3.63, 3.8) is 0 Å². The SMILES string of the molecule is CCS(=O)(=O)CC(C)NC1CCN2CCCC2C1. The van der Waals surface area contributed by atoms with Crippen molar-refractivity contribution in [3.8, 4) is 0 Å². The van der Waals surface area contributed by atoms with Crippen molar-refractivity contribution in [2.24, 2.45) is 0 Å². The fourth-order valence-electron chi connectivity index (χ4n) is 3.32. The van der Waals surface area contributed by atoms with E-state index < -0.39 is 9.84 Å². The lowest BCUT2D eigenvalue weighted by Gasteiger charge is -2.36. The molecule has 0 amide bonds. The number of sulfone groups is 1. The van der Waals surface area contributed by atoms with E-state index in [1.165, 1.54) is 32.4 Å². The Bertz CT molecular complexity index is 369. The van der Waals surface area contributed by atoms with E-state index in [1.807, 2.05) is 6.92 Å². The van der Waals surface area contributed by atoms with Crippen LogP contribution in [0.1, 0.15) is 39.5 Å². The van der Waals surface area contributed by atoms with E-state index in [-0.39, 0.29) is 17.5 Å². The van der Waals surface area contributed by atoms with Crippen molar-refractivity contribution in [1.29, 1.82) is 0 Å². The van der Waals surface area contributed by atoms with Gasteiger partial charge in [-0.2, -0.15) is 0 Å². The van der Waals surface area contributed by atoms with Gasteiger partial charge in [-0.25, -0.2) is 8.42 Å². The normalized spacial score (nSPS) is 31.2. The Balaban J connectivity index is 1.79. The minimum atomic E-state index is -2.86. The number of rotatable bonds is 5. The van der Waals surface area contributed by atoms with Crippen molar-refractivity contribution in [1.82, 2.24) is 10.2 Å². The van der Waals surface area contributed by atoms with Crippen LogP contribution < -0.4 is 5.32 Å². The highest BCUT2D eigenvalue weighted by atomic mass is 32.2. The number of hydrogen-bond donors (Lipinski definition) is 1. The zero-order chi connectivity index (χ0) is 13.2. The lowest BCUT2D eigenvalue weighted by molar-refractivity contribution is 0.163. The first-order chi connectivity index (χ1) is 8.50. The van der Waals surface area contributed by atoms with Gasteiger partial charge in [0.1, 0.15) is 0 Å². The lowest BCUT2D eigenvalue weighted by atomic mass is 9.97. The Morgan fingerprint density at radius 2 is 2.11 bits per heavy atom. The molecule has 3 atom stereocenters. The zero-order valence-electron chi connectivity index (χ0n) is 11.6. The standard InChI is InChI=1S/C13H26N2O2S/c1-3-18(16,17)10-11(2)14-12-6-8-15-7-4-5-13(15)9-12/h11-14H,3-10H2,1-2H3.